The highest BCUT2D eigenvalue weighted by molar-refractivity contribution is 7.22. The second-order valence-corrected chi connectivity index (χ2v) is 4.67. The van der Waals surface area contributed by atoms with Crippen molar-refractivity contribution in [3.8, 4) is 0 Å². The van der Waals surface area contributed by atoms with Gasteiger partial charge >= 0.3 is 5.97 Å². The summed E-state index contributed by atoms with van der Waals surface area (Å²) >= 11 is 1.56. The molecule has 1 atom stereocenters. The van der Waals surface area contributed by atoms with Crippen molar-refractivity contribution in [2.75, 3.05) is 11.9 Å². The number of rotatable bonds is 2. The van der Waals surface area contributed by atoms with Crippen molar-refractivity contribution >= 4 is 32.7 Å². The summed E-state index contributed by atoms with van der Waals surface area (Å²) in [4.78, 5) is 15.7. The molecule has 4 nitrogen and oxygen atoms in total. The summed E-state index contributed by atoms with van der Waals surface area (Å²) in [5, 5.41) is 3.90. The van der Waals surface area contributed by atoms with E-state index in [1.165, 1.54) is 0 Å². The van der Waals surface area contributed by atoms with Crippen molar-refractivity contribution in [1.82, 2.24) is 4.98 Å². The SMILES string of the molecule is O=C1OCC[C@H]1Nc1nc2ccccc2s1. The number of para-hydroxylation sites is 1. The van der Waals surface area contributed by atoms with Crippen LogP contribution in [0.3, 0.4) is 0 Å². The van der Waals surface area contributed by atoms with Crippen LogP contribution in [-0.2, 0) is 9.53 Å². The Labute approximate surface area is 96.3 Å². The van der Waals surface area contributed by atoms with E-state index in [4.69, 9.17) is 4.74 Å². The minimum absolute atomic E-state index is 0.181. The lowest BCUT2D eigenvalue weighted by molar-refractivity contribution is -0.138. The third kappa shape index (κ3) is 1.63. The molecule has 0 radical (unpaired) electrons. The molecule has 1 aliphatic rings. The molecular formula is C11H10N2O2S. The standard InChI is InChI=1S/C11H10N2O2S/c14-10-8(5-6-15-10)13-11-12-7-3-1-2-4-9(7)16-11/h1-4,8H,5-6H2,(H,12,13)/t8-/m1/s1. The number of nitrogens with zero attached hydrogens (tertiary/aromatic N) is 1. The first kappa shape index (κ1) is 9.59. The van der Waals surface area contributed by atoms with Crippen molar-refractivity contribution in [2.45, 2.75) is 12.5 Å². The minimum Gasteiger partial charge on any atom is -0.464 e. The lowest BCUT2D eigenvalue weighted by Gasteiger charge is -2.05. The Morgan fingerprint density at radius 3 is 3.06 bits per heavy atom. The first-order valence-corrected chi connectivity index (χ1v) is 5.93. The summed E-state index contributed by atoms with van der Waals surface area (Å²) in [5.41, 5.74) is 0.960. The molecule has 5 heteroatoms. The number of esters is 1. The molecule has 0 saturated carbocycles. The number of carbonyl (C=O) groups excluding carboxylic acids is 1. The molecule has 16 heavy (non-hydrogen) atoms. The number of ether oxygens (including phenoxy) is 1. The van der Waals surface area contributed by atoms with Crippen molar-refractivity contribution < 1.29 is 9.53 Å². The fourth-order valence-corrected chi connectivity index (χ4v) is 2.63. The van der Waals surface area contributed by atoms with Gasteiger partial charge in [-0.15, -0.1) is 0 Å². The first-order valence-electron chi connectivity index (χ1n) is 5.12. The Morgan fingerprint density at radius 2 is 2.31 bits per heavy atom. The molecule has 0 aliphatic carbocycles. The number of carbonyl (C=O) groups is 1. The minimum atomic E-state index is -0.236. The monoisotopic (exact) mass is 234 g/mol. The Kier molecular flexibility index (Phi) is 2.25. The maximum absolute atomic E-state index is 11.3. The zero-order chi connectivity index (χ0) is 11.0. The van der Waals surface area contributed by atoms with Crippen molar-refractivity contribution in [1.29, 1.82) is 0 Å². The van der Waals surface area contributed by atoms with Crippen LogP contribution in [0.2, 0.25) is 0 Å². The Balaban J connectivity index is 1.86. The molecule has 1 aliphatic heterocycles. The largest absolute Gasteiger partial charge is 0.464 e. The smallest absolute Gasteiger partial charge is 0.328 e. The van der Waals surface area contributed by atoms with Crippen LogP contribution in [0.4, 0.5) is 5.13 Å². The van der Waals surface area contributed by atoms with Gasteiger partial charge in [-0.2, -0.15) is 0 Å². The van der Waals surface area contributed by atoms with Gasteiger partial charge in [-0.3, -0.25) is 0 Å². The highest BCUT2D eigenvalue weighted by atomic mass is 32.1. The number of anilines is 1. The molecule has 0 spiro atoms. The lowest BCUT2D eigenvalue weighted by Crippen LogP contribution is -2.24. The van der Waals surface area contributed by atoms with E-state index in [2.05, 4.69) is 10.3 Å². The van der Waals surface area contributed by atoms with E-state index < -0.39 is 0 Å². The number of fused-ring (bicyclic) bond motifs is 1. The van der Waals surface area contributed by atoms with Gasteiger partial charge in [0.25, 0.3) is 0 Å². The molecule has 0 unspecified atom stereocenters. The molecule has 82 valence electrons. The summed E-state index contributed by atoms with van der Waals surface area (Å²) in [7, 11) is 0. The van der Waals surface area contributed by atoms with E-state index in [1.807, 2.05) is 24.3 Å². The van der Waals surface area contributed by atoms with Gasteiger partial charge in [0.1, 0.15) is 6.04 Å². The molecular weight excluding hydrogens is 224 g/mol. The predicted molar refractivity (Wildman–Crippen MR) is 62.6 cm³/mol. The number of benzene rings is 1. The number of hydrogen-bond acceptors (Lipinski definition) is 5. The van der Waals surface area contributed by atoms with Gasteiger partial charge < -0.3 is 10.1 Å². The zero-order valence-electron chi connectivity index (χ0n) is 8.47. The number of cyclic esters (lactones) is 1. The fraction of sp³-hybridized carbons (Fsp3) is 0.273. The second kappa shape index (κ2) is 3.75. The molecule has 0 bridgehead atoms. The second-order valence-electron chi connectivity index (χ2n) is 3.64. The maximum Gasteiger partial charge on any atom is 0.328 e. The van der Waals surface area contributed by atoms with E-state index in [0.717, 1.165) is 21.8 Å². The normalized spacial score (nSPS) is 20.0. The molecule has 0 amide bonds. The summed E-state index contributed by atoms with van der Waals surface area (Å²) in [6.45, 7) is 0.501. The Morgan fingerprint density at radius 1 is 1.44 bits per heavy atom. The number of hydrogen-bond donors (Lipinski definition) is 1. The summed E-state index contributed by atoms with van der Waals surface area (Å²) in [5.74, 6) is -0.181. The van der Waals surface area contributed by atoms with Crippen LogP contribution in [0, 0.1) is 0 Å². The van der Waals surface area contributed by atoms with Crippen LogP contribution >= 0.6 is 11.3 Å². The summed E-state index contributed by atoms with van der Waals surface area (Å²) in [6, 6.07) is 7.68. The van der Waals surface area contributed by atoms with Crippen LogP contribution in [0.25, 0.3) is 10.2 Å². The average molecular weight is 234 g/mol. The highest BCUT2D eigenvalue weighted by Crippen LogP contribution is 2.26. The number of nitrogens with one attached hydrogen (secondary N) is 1. The summed E-state index contributed by atoms with van der Waals surface area (Å²) < 4.78 is 6.01. The van der Waals surface area contributed by atoms with Gasteiger partial charge in [-0.25, -0.2) is 9.78 Å². The molecule has 2 aromatic rings. The van der Waals surface area contributed by atoms with Crippen LogP contribution in [0.1, 0.15) is 6.42 Å². The van der Waals surface area contributed by atoms with Gasteiger partial charge in [0.15, 0.2) is 5.13 Å². The number of thiazole rings is 1. The molecule has 1 N–H and O–H groups in total. The van der Waals surface area contributed by atoms with Crippen molar-refractivity contribution in [3.05, 3.63) is 24.3 Å². The van der Waals surface area contributed by atoms with E-state index >= 15 is 0 Å². The van der Waals surface area contributed by atoms with Gasteiger partial charge in [0, 0.05) is 6.42 Å². The maximum atomic E-state index is 11.3. The lowest BCUT2D eigenvalue weighted by atomic mass is 10.2. The van der Waals surface area contributed by atoms with Crippen molar-refractivity contribution in [2.24, 2.45) is 0 Å². The third-order valence-corrected chi connectivity index (χ3v) is 3.49. The topological polar surface area (TPSA) is 51.2 Å². The first-order chi connectivity index (χ1) is 7.83. The van der Waals surface area contributed by atoms with Crippen LogP contribution in [-0.4, -0.2) is 23.6 Å². The van der Waals surface area contributed by atoms with E-state index in [-0.39, 0.29) is 12.0 Å². The van der Waals surface area contributed by atoms with Crippen LogP contribution in [0.5, 0.6) is 0 Å². The molecule has 3 rings (SSSR count). The zero-order valence-corrected chi connectivity index (χ0v) is 9.29. The van der Waals surface area contributed by atoms with Crippen LogP contribution < -0.4 is 5.32 Å². The van der Waals surface area contributed by atoms with E-state index in [0.29, 0.717) is 6.61 Å². The van der Waals surface area contributed by atoms with Gasteiger partial charge in [0.2, 0.25) is 0 Å². The Bertz CT molecular complexity index is 505. The van der Waals surface area contributed by atoms with Gasteiger partial charge in [-0.1, -0.05) is 23.5 Å². The third-order valence-electron chi connectivity index (χ3n) is 2.53. The average Bonchev–Trinajstić information content (AvgIpc) is 2.85. The summed E-state index contributed by atoms with van der Waals surface area (Å²) in [6.07, 6.45) is 0.717. The molecule has 2 heterocycles. The molecule has 1 aromatic carbocycles. The number of aromatic nitrogens is 1. The molecule has 1 aromatic heterocycles. The van der Waals surface area contributed by atoms with E-state index in [1.54, 1.807) is 11.3 Å². The van der Waals surface area contributed by atoms with Crippen LogP contribution in [0.15, 0.2) is 24.3 Å². The highest BCUT2D eigenvalue weighted by Gasteiger charge is 2.26. The van der Waals surface area contributed by atoms with Crippen molar-refractivity contribution in [3.63, 3.8) is 0 Å². The predicted octanol–water partition coefficient (Wildman–Crippen LogP) is 2.02. The van der Waals surface area contributed by atoms with Gasteiger partial charge in [0.05, 0.1) is 16.8 Å². The van der Waals surface area contributed by atoms with E-state index in [9.17, 15) is 4.79 Å². The molecule has 1 saturated heterocycles. The van der Waals surface area contributed by atoms with Gasteiger partial charge in [-0.05, 0) is 12.1 Å². The quantitative estimate of drug-likeness (QED) is 0.808. The fourth-order valence-electron chi connectivity index (χ4n) is 1.71. The molecule has 1 fully saturated rings. The Hall–Kier alpha value is -1.62.